The number of alkyl carbamates (subject to hydrolysis) is 1. The van der Waals surface area contributed by atoms with E-state index in [0.717, 1.165) is 6.42 Å². The lowest BCUT2D eigenvalue weighted by molar-refractivity contribution is -0.143. The summed E-state index contributed by atoms with van der Waals surface area (Å²) in [6.45, 7) is 10.5. The SMILES string of the molecule is CCCCN(C(=O)C(CO)NC(=O)OC(C)(C)C)C(C(=O)NC(C)C)c1ccccc1. The van der Waals surface area contributed by atoms with E-state index in [-0.39, 0.29) is 11.9 Å². The molecule has 1 rings (SSSR count). The van der Waals surface area contributed by atoms with Crippen molar-refractivity contribution in [3.63, 3.8) is 0 Å². The van der Waals surface area contributed by atoms with Crippen LogP contribution in [0, 0.1) is 0 Å². The van der Waals surface area contributed by atoms with Gasteiger partial charge in [-0.25, -0.2) is 4.79 Å². The van der Waals surface area contributed by atoms with Crippen LogP contribution in [0.2, 0.25) is 0 Å². The lowest BCUT2D eigenvalue weighted by atomic mass is 10.0. The number of ether oxygens (including phenoxy) is 1. The Hall–Kier alpha value is -2.61. The molecule has 1 aromatic rings. The maximum absolute atomic E-state index is 13.4. The second-order valence-corrected chi connectivity index (χ2v) is 8.74. The normalized spacial score (nSPS) is 13.3. The molecule has 0 saturated heterocycles. The molecule has 1 aromatic carbocycles. The van der Waals surface area contributed by atoms with Crippen molar-refractivity contribution in [2.24, 2.45) is 0 Å². The van der Waals surface area contributed by atoms with Crippen LogP contribution in [-0.2, 0) is 14.3 Å². The molecule has 0 saturated carbocycles. The van der Waals surface area contributed by atoms with E-state index in [1.54, 1.807) is 45.0 Å². The molecule has 0 fully saturated rings. The van der Waals surface area contributed by atoms with Crippen molar-refractivity contribution in [1.29, 1.82) is 0 Å². The van der Waals surface area contributed by atoms with Gasteiger partial charge in [0, 0.05) is 12.6 Å². The lowest BCUT2D eigenvalue weighted by Gasteiger charge is -2.34. The molecule has 0 bridgehead atoms. The third-order valence-electron chi connectivity index (χ3n) is 4.31. The highest BCUT2D eigenvalue weighted by atomic mass is 16.6. The number of aliphatic hydroxyl groups excluding tert-OH is 1. The number of rotatable bonds is 10. The van der Waals surface area contributed by atoms with Crippen molar-refractivity contribution < 1.29 is 24.2 Å². The maximum atomic E-state index is 13.4. The average molecular weight is 436 g/mol. The number of nitrogens with zero attached hydrogens (tertiary/aromatic N) is 1. The number of unbranched alkanes of at least 4 members (excludes halogenated alkanes) is 1. The largest absolute Gasteiger partial charge is 0.444 e. The zero-order valence-electron chi connectivity index (χ0n) is 19.5. The van der Waals surface area contributed by atoms with E-state index in [9.17, 15) is 19.5 Å². The highest BCUT2D eigenvalue weighted by molar-refractivity contribution is 5.92. The molecule has 0 spiro atoms. The Balaban J connectivity index is 3.26. The fraction of sp³-hybridized carbons (Fsp3) is 0.609. The Morgan fingerprint density at radius 1 is 1.10 bits per heavy atom. The first kappa shape index (κ1) is 26.4. The van der Waals surface area contributed by atoms with E-state index in [0.29, 0.717) is 18.5 Å². The molecule has 0 aliphatic carbocycles. The van der Waals surface area contributed by atoms with E-state index in [1.807, 2.05) is 26.8 Å². The van der Waals surface area contributed by atoms with Gasteiger partial charge in [0.1, 0.15) is 17.7 Å². The first-order valence-electron chi connectivity index (χ1n) is 10.8. The van der Waals surface area contributed by atoms with Crippen LogP contribution >= 0.6 is 0 Å². The Kier molecular flexibility index (Phi) is 10.5. The fourth-order valence-corrected chi connectivity index (χ4v) is 3.00. The summed E-state index contributed by atoms with van der Waals surface area (Å²) in [6, 6.07) is 6.77. The Morgan fingerprint density at radius 3 is 2.19 bits per heavy atom. The van der Waals surface area contributed by atoms with Crippen molar-refractivity contribution >= 4 is 17.9 Å². The van der Waals surface area contributed by atoms with Gasteiger partial charge in [-0.05, 0) is 46.6 Å². The summed E-state index contributed by atoms with van der Waals surface area (Å²) in [4.78, 5) is 40.1. The molecular weight excluding hydrogens is 398 g/mol. The summed E-state index contributed by atoms with van der Waals surface area (Å²) in [5.74, 6) is -0.867. The molecule has 0 aliphatic heterocycles. The van der Waals surface area contributed by atoms with Gasteiger partial charge >= 0.3 is 6.09 Å². The predicted octanol–water partition coefficient (Wildman–Crippen LogP) is 2.77. The van der Waals surface area contributed by atoms with Crippen LogP contribution in [0.4, 0.5) is 4.79 Å². The molecule has 0 radical (unpaired) electrons. The van der Waals surface area contributed by atoms with Gasteiger partial charge in [0.15, 0.2) is 0 Å². The number of benzene rings is 1. The summed E-state index contributed by atoms with van der Waals surface area (Å²) in [7, 11) is 0. The summed E-state index contributed by atoms with van der Waals surface area (Å²) in [6.07, 6.45) is 0.660. The van der Waals surface area contributed by atoms with E-state index in [1.165, 1.54) is 4.90 Å². The average Bonchev–Trinajstić information content (AvgIpc) is 2.67. The van der Waals surface area contributed by atoms with Gasteiger partial charge < -0.3 is 25.4 Å². The molecular formula is C23H37N3O5. The van der Waals surface area contributed by atoms with Gasteiger partial charge in [0.25, 0.3) is 0 Å². The molecule has 3 amide bonds. The van der Waals surface area contributed by atoms with Crippen molar-refractivity contribution in [3.05, 3.63) is 35.9 Å². The Bertz CT molecular complexity index is 716. The van der Waals surface area contributed by atoms with E-state index < -0.39 is 36.3 Å². The summed E-state index contributed by atoms with van der Waals surface area (Å²) in [5, 5.41) is 15.1. The zero-order valence-corrected chi connectivity index (χ0v) is 19.5. The topological polar surface area (TPSA) is 108 Å². The predicted molar refractivity (Wildman–Crippen MR) is 119 cm³/mol. The monoisotopic (exact) mass is 435 g/mol. The minimum Gasteiger partial charge on any atom is -0.444 e. The van der Waals surface area contributed by atoms with Gasteiger partial charge in [-0.3, -0.25) is 9.59 Å². The molecule has 8 heteroatoms. The third-order valence-corrected chi connectivity index (χ3v) is 4.31. The van der Waals surface area contributed by atoms with Crippen LogP contribution < -0.4 is 10.6 Å². The molecule has 2 unspecified atom stereocenters. The van der Waals surface area contributed by atoms with E-state index in [4.69, 9.17) is 4.74 Å². The third kappa shape index (κ3) is 8.96. The molecule has 31 heavy (non-hydrogen) atoms. The summed E-state index contributed by atoms with van der Waals surface area (Å²) in [5.41, 5.74) is -0.0993. The highest BCUT2D eigenvalue weighted by Gasteiger charge is 2.35. The second kappa shape index (κ2) is 12.3. The van der Waals surface area contributed by atoms with Crippen molar-refractivity contribution in [2.75, 3.05) is 13.2 Å². The standard InChI is InChI=1S/C23H37N3O5/c1-7-8-14-26(21(29)18(15-27)25-22(30)31-23(4,5)6)19(20(28)24-16(2)3)17-12-10-9-11-13-17/h9-13,16,18-19,27H,7-8,14-15H2,1-6H3,(H,24,28)(H,25,30). The van der Waals surface area contributed by atoms with Gasteiger partial charge in [0.05, 0.1) is 6.61 Å². The van der Waals surface area contributed by atoms with Gasteiger partial charge in [-0.15, -0.1) is 0 Å². The van der Waals surface area contributed by atoms with Gasteiger partial charge in [-0.1, -0.05) is 43.7 Å². The first-order chi connectivity index (χ1) is 14.5. The summed E-state index contributed by atoms with van der Waals surface area (Å²) < 4.78 is 5.22. The van der Waals surface area contributed by atoms with Crippen molar-refractivity contribution in [1.82, 2.24) is 15.5 Å². The summed E-state index contributed by atoms with van der Waals surface area (Å²) >= 11 is 0. The van der Waals surface area contributed by atoms with Crippen LogP contribution in [0.3, 0.4) is 0 Å². The number of hydrogen-bond acceptors (Lipinski definition) is 5. The molecule has 8 nitrogen and oxygen atoms in total. The lowest BCUT2D eigenvalue weighted by Crippen LogP contribution is -2.55. The number of carbonyl (C=O) groups is 3. The van der Waals surface area contributed by atoms with E-state index in [2.05, 4.69) is 10.6 Å². The Morgan fingerprint density at radius 2 is 1.71 bits per heavy atom. The molecule has 2 atom stereocenters. The number of nitrogens with one attached hydrogen (secondary N) is 2. The first-order valence-corrected chi connectivity index (χ1v) is 10.8. The van der Waals surface area contributed by atoms with Crippen LogP contribution in [0.15, 0.2) is 30.3 Å². The maximum Gasteiger partial charge on any atom is 0.408 e. The van der Waals surface area contributed by atoms with Crippen LogP contribution in [0.25, 0.3) is 0 Å². The molecule has 0 aliphatic rings. The molecule has 3 N–H and O–H groups in total. The minimum absolute atomic E-state index is 0.115. The quantitative estimate of drug-likeness (QED) is 0.524. The smallest absolute Gasteiger partial charge is 0.408 e. The number of aliphatic hydroxyl groups is 1. The fourth-order valence-electron chi connectivity index (χ4n) is 3.00. The van der Waals surface area contributed by atoms with Crippen LogP contribution in [0.5, 0.6) is 0 Å². The molecule has 0 heterocycles. The van der Waals surface area contributed by atoms with Crippen molar-refractivity contribution in [2.45, 2.75) is 78.1 Å². The van der Waals surface area contributed by atoms with Gasteiger partial charge in [0.2, 0.25) is 11.8 Å². The number of carbonyl (C=O) groups excluding carboxylic acids is 3. The van der Waals surface area contributed by atoms with E-state index >= 15 is 0 Å². The molecule has 0 aromatic heterocycles. The molecule has 174 valence electrons. The highest BCUT2D eigenvalue weighted by Crippen LogP contribution is 2.23. The van der Waals surface area contributed by atoms with Crippen LogP contribution in [-0.4, -0.2) is 58.8 Å². The number of amides is 3. The minimum atomic E-state index is -1.23. The van der Waals surface area contributed by atoms with Crippen molar-refractivity contribution in [3.8, 4) is 0 Å². The number of hydrogen-bond donors (Lipinski definition) is 3. The Labute approximate surface area is 185 Å². The second-order valence-electron chi connectivity index (χ2n) is 8.74. The van der Waals surface area contributed by atoms with Gasteiger partial charge in [-0.2, -0.15) is 0 Å². The zero-order chi connectivity index (χ0) is 23.6. The van der Waals surface area contributed by atoms with Crippen LogP contribution in [0.1, 0.15) is 66.0 Å².